The number of nitro benzene ring substituents is 1. The highest BCUT2D eigenvalue weighted by Crippen LogP contribution is 2.27. The van der Waals surface area contributed by atoms with E-state index in [1.165, 1.54) is 18.2 Å². The molecule has 2 rings (SSSR count). The van der Waals surface area contributed by atoms with Crippen molar-refractivity contribution in [2.45, 2.75) is 39.0 Å². The Labute approximate surface area is 179 Å². The van der Waals surface area contributed by atoms with Gasteiger partial charge in [0.2, 0.25) is 5.91 Å². The summed E-state index contributed by atoms with van der Waals surface area (Å²) in [6.07, 6.45) is -0.599. The molecule has 0 aliphatic carbocycles. The second-order valence-electron chi connectivity index (χ2n) is 6.76. The smallest absolute Gasteiger partial charge is 0.308 e. The number of carbonyl (C=O) groups is 2. The number of para-hydroxylation sites is 1. The monoisotopic (exact) mass is 434 g/mol. The Morgan fingerprint density at radius 2 is 1.80 bits per heavy atom. The number of benzene rings is 2. The van der Waals surface area contributed by atoms with Crippen molar-refractivity contribution in [2.24, 2.45) is 0 Å². The molecule has 0 heterocycles. The van der Waals surface area contributed by atoms with Crippen LogP contribution in [0.5, 0.6) is 0 Å². The van der Waals surface area contributed by atoms with E-state index in [1.807, 2.05) is 0 Å². The molecule has 2 aromatic rings. The first-order valence-electron chi connectivity index (χ1n) is 9.31. The lowest BCUT2D eigenvalue weighted by atomic mass is 10.0. The van der Waals surface area contributed by atoms with Gasteiger partial charge in [0.1, 0.15) is 6.61 Å². The SMILES string of the molecule is CC(C)OC(=O)CC(NC(=O)COCc1ccccc1Cl)c1ccccc1[N+](=O)[O-]. The first-order chi connectivity index (χ1) is 14.3. The van der Waals surface area contributed by atoms with Crippen LogP contribution in [0.15, 0.2) is 48.5 Å². The second-order valence-corrected chi connectivity index (χ2v) is 7.17. The van der Waals surface area contributed by atoms with Crippen molar-refractivity contribution in [3.8, 4) is 0 Å². The molecule has 0 aromatic heterocycles. The Kier molecular flexibility index (Phi) is 8.76. The lowest BCUT2D eigenvalue weighted by molar-refractivity contribution is -0.385. The van der Waals surface area contributed by atoms with Crippen LogP contribution in [-0.4, -0.2) is 29.5 Å². The zero-order valence-corrected chi connectivity index (χ0v) is 17.4. The van der Waals surface area contributed by atoms with Crippen molar-refractivity contribution in [3.05, 3.63) is 74.8 Å². The molecular formula is C21H23ClN2O6. The van der Waals surface area contributed by atoms with Gasteiger partial charge < -0.3 is 14.8 Å². The van der Waals surface area contributed by atoms with Gasteiger partial charge in [0, 0.05) is 11.1 Å². The predicted octanol–water partition coefficient (Wildman–Crippen LogP) is 3.96. The van der Waals surface area contributed by atoms with E-state index in [0.717, 1.165) is 5.56 Å². The number of ether oxygens (including phenoxy) is 2. The number of nitro groups is 1. The van der Waals surface area contributed by atoms with Crippen molar-refractivity contribution in [1.82, 2.24) is 5.32 Å². The van der Waals surface area contributed by atoms with E-state index in [9.17, 15) is 19.7 Å². The summed E-state index contributed by atoms with van der Waals surface area (Å²) in [4.78, 5) is 35.4. The molecule has 0 saturated carbocycles. The summed E-state index contributed by atoms with van der Waals surface area (Å²) in [5.41, 5.74) is 0.738. The van der Waals surface area contributed by atoms with Crippen molar-refractivity contribution < 1.29 is 24.0 Å². The summed E-state index contributed by atoms with van der Waals surface area (Å²) in [6, 6.07) is 12.1. The molecule has 30 heavy (non-hydrogen) atoms. The summed E-state index contributed by atoms with van der Waals surface area (Å²) in [5.74, 6) is -1.10. The number of hydrogen-bond donors (Lipinski definition) is 1. The molecule has 1 unspecified atom stereocenters. The number of esters is 1. The van der Waals surface area contributed by atoms with Gasteiger partial charge in [-0.15, -0.1) is 0 Å². The molecule has 0 spiro atoms. The maximum Gasteiger partial charge on any atom is 0.308 e. The third-order valence-corrected chi connectivity index (χ3v) is 4.40. The highest BCUT2D eigenvalue weighted by Gasteiger charge is 2.26. The van der Waals surface area contributed by atoms with Crippen molar-refractivity contribution in [2.75, 3.05) is 6.61 Å². The number of nitrogens with zero attached hydrogens (tertiary/aromatic N) is 1. The van der Waals surface area contributed by atoms with Gasteiger partial charge in [-0.05, 0) is 25.5 Å². The fraction of sp³-hybridized carbons (Fsp3) is 0.333. The first-order valence-corrected chi connectivity index (χ1v) is 9.69. The Hall–Kier alpha value is -2.97. The average molecular weight is 435 g/mol. The Bertz CT molecular complexity index is 903. The van der Waals surface area contributed by atoms with E-state index in [-0.39, 0.29) is 37.0 Å². The standard InChI is InChI=1S/C21H23ClN2O6/c1-14(2)30-21(26)11-18(16-8-4-6-10-19(16)24(27)28)23-20(25)13-29-12-15-7-3-5-9-17(15)22/h3-10,14,18H,11-13H2,1-2H3,(H,23,25). The van der Waals surface area contributed by atoms with Crippen LogP contribution in [0, 0.1) is 10.1 Å². The zero-order valence-electron chi connectivity index (χ0n) is 16.7. The summed E-state index contributed by atoms with van der Waals surface area (Å²) in [7, 11) is 0. The van der Waals surface area contributed by atoms with Crippen LogP contribution in [0.2, 0.25) is 5.02 Å². The molecule has 1 N–H and O–H groups in total. The molecule has 1 atom stereocenters. The summed E-state index contributed by atoms with van der Waals surface area (Å²) in [5, 5.41) is 14.5. The normalized spacial score (nSPS) is 11.7. The van der Waals surface area contributed by atoms with Crippen molar-refractivity contribution >= 4 is 29.2 Å². The van der Waals surface area contributed by atoms with Crippen LogP contribution < -0.4 is 5.32 Å². The summed E-state index contributed by atoms with van der Waals surface area (Å²) in [6.45, 7) is 3.21. The fourth-order valence-electron chi connectivity index (χ4n) is 2.77. The molecule has 0 bridgehead atoms. The molecule has 0 aliphatic heterocycles. The van der Waals surface area contributed by atoms with Gasteiger partial charge in [-0.2, -0.15) is 0 Å². The number of halogens is 1. The maximum absolute atomic E-state index is 12.4. The Balaban J connectivity index is 2.08. The lowest BCUT2D eigenvalue weighted by Gasteiger charge is -2.19. The number of carbonyl (C=O) groups excluding carboxylic acids is 2. The van der Waals surface area contributed by atoms with Crippen LogP contribution in [0.1, 0.15) is 37.4 Å². The Morgan fingerprint density at radius 3 is 2.47 bits per heavy atom. The van der Waals surface area contributed by atoms with Crippen molar-refractivity contribution in [3.63, 3.8) is 0 Å². The largest absolute Gasteiger partial charge is 0.463 e. The summed E-state index contributed by atoms with van der Waals surface area (Å²) >= 11 is 6.05. The van der Waals surface area contributed by atoms with Gasteiger partial charge in [0.05, 0.1) is 35.7 Å². The first kappa shape index (κ1) is 23.3. The average Bonchev–Trinajstić information content (AvgIpc) is 2.68. The van der Waals surface area contributed by atoms with Crippen LogP contribution in [-0.2, 0) is 25.7 Å². The minimum absolute atomic E-state index is 0.124. The van der Waals surface area contributed by atoms with Crippen LogP contribution in [0.4, 0.5) is 5.69 Å². The molecule has 0 saturated heterocycles. The minimum atomic E-state index is -0.936. The van der Waals surface area contributed by atoms with Gasteiger partial charge in [-0.25, -0.2) is 0 Å². The number of amides is 1. The van der Waals surface area contributed by atoms with Crippen LogP contribution in [0.3, 0.4) is 0 Å². The van der Waals surface area contributed by atoms with Crippen LogP contribution >= 0.6 is 11.6 Å². The molecule has 1 amide bonds. The van der Waals surface area contributed by atoms with E-state index < -0.39 is 22.8 Å². The number of nitrogens with one attached hydrogen (secondary N) is 1. The van der Waals surface area contributed by atoms with E-state index in [4.69, 9.17) is 21.1 Å². The van der Waals surface area contributed by atoms with Gasteiger partial charge in [0.15, 0.2) is 0 Å². The summed E-state index contributed by atoms with van der Waals surface area (Å²) < 4.78 is 10.5. The number of rotatable bonds is 10. The van der Waals surface area contributed by atoms with Crippen molar-refractivity contribution in [1.29, 1.82) is 0 Å². The number of hydrogen-bond acceptors (Lipinski definition) is 6. The van der Waals surface area contributed by atoms with Crippen LogP contribution in [0.25, 0.3) is 0 Å². The van der Waals surface area contributed by atoms with E-state index in [1.54, 1.807) is 44.2 Å². The molecule has 0 fully saturated rings. The quantitative estimate of drug-likeness (QED) is 0.344. The predicted molar refractivity (Wildman–Crippen MR) is 111 cm³/mol. The molecule has 8 nitrogen and oxygen atoms in total. The topological polar surface area (TPSA) is 108 Å². The Morgan fingerprint density at radius 1 is 1.13 bits per heavy atom. The third kappa shape index (κ3) is 7.13. The van der Waals surface area contributed by atoms with E-state index in [2.05, 4.69) is 5.32 Å². The molecule has 0 radical (unpaired) electrons. The highest BCUT2D eigenvalue weighted by molar-refractivity contribution is 6.31. The van der Waals surface area contributed by atoms with Gasteiger partial charge in [-0.1, -0.05) is 48.0 Å². The van der Waals surface area contributed by atoms with E-state index >= 15 is 0 Å². The minimum Gasteiger partial charge on any atom is -0.463 e. The highest BCUT2D eigenvalue weighted by atomic mass is 35.5. The third-order valence-electron chi connectivity index (χ3n) is 4.03. The molecule has 0 aliphatic rings. The molecule has 2 aromatic carbocycles. The molecule has 9 heteroatoms. The second kappa shape index (κ2) is 11.3. The van der Waals surface area contributed by atoms with Gasteiger partial charge >= 0.3 is 5.97 Å². The fourth-order valence-corrected chi connectivity index (χ4v) is 2.96. The molecule has 160 valence electrons. The lowest BCUT2D eigenvalue weighted by Crippen LogP contribution is -2.34. The van der Waals surface area contributed by atoms with Gasteiger partial charge in [-0.3, -0.25) is 19.7 Å². The maximum atomic E-state index is 12.4. The van der Waals surface area contributed by atoms with Gasteiger partial charge in [0.25, 0.3) is 5.69 Å². The zero-order chi connectivity index (χ0) is 22.1. The van der Waals surface area contributed by atoms with E-state index in [0.29, 0.717) is 5.02 Å². The molecular weight excluding hydrogens is 412 g/mol.